The van der Waals surface area contributed by atoms with Crippen molar-refractivity contribution < 1.29 is 9.13 Å². The van der Waals surface area contributed by atoms with Crippen LogP contribution in [0.15, 0.2) is 61.3 Å². The number of hydrogen-bond acceptors (Lipinski definition) is 7. The van der Waals surface area contributed by atoms with Gasteiger partial charge in [-0.05, 0) is 30.7 Å². The predicted molar refractivity (Wildman–Crippen MR) is 116 cm³/mol. The quantitative estimate of drug-likeness (QED) is 0.455. The van der Waals surface area contributed by atoms with Crippen molar-refractivity contribution in [2.45, 2.75) is 13.0 Å². The molecule has 0 bridgehead atoms. The SMILES string of the molecule is COc1c(-c2cncc(-c3cnn(C(C)c4ccc(F)cc4)c3)n2)ccn2nc(N)nc12. The van der Waals surface area contributed by atoms with E-state index in [9.17, 15) is 4.39 Å². The van der Waals surface area contributed by atoms with Gasteiger partial charge in [0, 0.05) is 23.5 Å². The molecule has 0 saturated heterocycles. The first-order valence-corrected chi connectivity index (χ1v) is 9.84. The number of ether oxygens (including phenoxy) is 1. The van der Waals surface area contributed by atoms with Crippen molar-refractivity contribution >= 4 is 11.6 Å². The summed E-state index contributed by atoms with van der Waals surface area (Å²) in [6.07, 6.45) is 8.69. The summed E-state index contributed by atoms with van der Waals surface area (Å²) in [4.78, 5) is 13.3. The lowest BCUT2D eigenvalue weighted by Gasteiger charge is -2.12. The van der Waals surface area contributed by atoms with Gasteiger partial charge < -0.3 is 10.5 Å². The molecule has 0 amide bonds. The molecule has 1 aromatic carbocycles. The fourth-order valence-electron chi connectivity index (χ4n) is 3.55. The minimum absolute atomic E-state index is 0.0682. The zero-order valence-electron chi connectivity index (χ0n) is 17.3. The second-order valence-electron chi connectivity index (χ2n) is 7.23. The fraction of sp³-hybridized carbons (Fsp3) is 0.136. The molecule has 0 fully saturated rings. The zero-order valence-corrected chi connectivity index (χ0v) is 17.3. The summed E-state index contributed by atoms with van der Waals surface area (Å²) < 4.78 is 22.2. The third kappa shape index (κ3) is 3.41. The van der Waals surface area contributed by atoms with Crippen molar-refractivity contribution in [1.29, 1.82) is 0 Å². The van der Waals surface area contributed by atoms with Crippen molar-refractivity contribution in [3.63, 3.8) is 0 Å². The Labute approximate surface area is 182 Å². The summed E-state index contributed by atoms with van der Waals surface area (Å²) in [5.41, 5.74) is 9.96. The summed E-state index contributed by atoms with van der Waals surface area (Å²) in [5, 5.41) is 8.57. The molecule has 1 atom stereocenters. The number of halogens is 1. The van der Waals surface area contributed by atoms with Crippen molar-refractivity contribution in [3.8, 4) is 28.3 Å². The van der Waals surface area contributed by atoms with E-state index in [0.717, 1.165) is 11.1 Å². The second-order valence-corrected chi connectivity index (χ2v) is 7.23. The van der Waals surface area contributed by atoms with E-state index in [-0.39, 0.29) is 17.8 Å². The highest BCUT2D eigenvalue weighted by Gasteiger charge is 2.17. The van der Waals surface area contributed by atoms with E-state index < -0.39 is 0 Å². The molecular weight excluding hydrogens is 411 g/mol. The Morgan fingerprint density at radius 3 is 2.59 bits per heavy atom. The summed E-state index contributed by atoms with van der Waals surface area (Å²) in [7, 11) is 1.56. The summed E-state index contributed by atoms with van der Waals surface area (Å²) in [6.45, 7) is 2.00. The van der Waals surface area contributed by atoms with E-state index >= 15 is 0 Å². The van der Waals surface area contributed by atoms with Gasteiger partial charge in [0.15, 0.2) is 11.4 Å². The number of hydrogen-bond donors (Lipinski definition) is 1. The summed E-state index contributed by atoms with van der Waals surface area (Å²) >= 11 is 0. The van der Waals surface area contributed by atoms with E-state index in [1.807, 2.05) is 23.9 Å². The number of nitrogen functional groups attached to an aromatic ring is 1. The van der Waals surface area contributed by atoms with Gasteiger partial charge in [-0.1, -0.05) is 12.1 Å². The average molecular weight is 430 g/mol. The van der Waals surface area contributed by atoms with Gasteiger partial charge in [-0.15, -0.1) is 5.10 Å². The third-order valence-corrected chi connectivity index (χ3v) is 5.24. The van der Waals surface area contributed by atoms with Crippen molar-refractivity contribution in [1.82, 2.24) is 34.3 Å². The Bertz CT molecular complexity index is 1410. The number of methoxy groups -OCH3 is 1. The monoisotopic (exact) mass is 430 g/mol. The number of fused-ring (bicyclic) bond motifs is 1. The molecular formula is C22H19FN8O. The molecule has 4 heterocycles. The Morgan fingerprint density at radius 2 is 1.81 bits per heavy atom. The molecule has 0 aliphatic carbocycles. The van der Waals surface area contributed by atoms with E-state index in [1.54, 1.807) is 48.5 Å². The first-order valence-electron chi connectivity index (χ1n) is 9.84. The maximum atomic E-state index is 13.2. The first kappa shape index (κ1) is 19.6. The Hall–Kier alpha value is -4.34. The molecule has 0 spiro atoms. The summed E-state index contributed by atoms with van der Waals surface area (Å²) in [6, 6.07) is 8.15. The number of benzene rings is 1. The molecule has 4 aromatic heterocycles. The van der Waals surface area contributed by atoms with Crippen molar-refractivity contribution in [2.24, 2.45) is 0 Å². The predicted octanol–water partition coefficient (Wildman–Crippen LogP) is 3.39. The topological polar surface area (TPSA) is 109 Å². The molecule has 5 aromatic rings. The van der Waals surface area contributed by atoms with Gasteiger partial charge >= 0.3 is 0 Å². The van der Waals surface area contributed by atoms with Gasteiger partial charge in [-0.2, -0.15) is 10.1 Å². The fourth-order valence-corrected chi connectivity index (χ4v) is 3.55. The molecule has 160 valence electrons. The zero-order chi connectivity index (χ0) is 22.2. The van der Waals surface area contributed by atoms with Gasteiger partial charge in [-0.25, -0.2) is 13.9 Å². The number of pyridine rings is 1. The van der Waals surface area contributed by atoms with Crippen LogP contribution in [0.25, 0.3) is 28.2 Å². The van der Waals surface area contributed by atoms with Gasteiger partial charge in [0.25, 0.3) is 0 Å². The van der Waals surface area contributed by atoms with Crippen LogP contribution in [0.3, 0.4) is 0 Å². The maximum absolute atomic E-state index is 13.2. The third-order valence-electron chi connectivity index (χ3n) is 5.24. The van der Waals surface area contributed by atoms with Crippen molar-refractivity contribution in [3.05, 3.63) is 72.7 Å². The van der Waals surface area contributed by atoms with E-state index in [0.29, 0.717) is 28.3 Å². The lowest BCUT2D eigenvalue weighted by atomic mass is 10.1. The normalized spacial score (nSPS) is 12.2. The second kappa shape index (κ2) is 7.73. The Morgan fingerprint density at radius 1 is 1.03 bits per heavy atom. The Kier molecular flexibility index (Phi) is 4.74. The highest BCUT2D eigenvalue weighted by Crippen LogP contribution is 2.33. The van der Waals surface area contributed by atoms with Crippen LogP contribution in [-0.4, -0.2) is 41.5 Å². The number of anilines is 1. The van der Waals surface area contributed by atoms with E-state index in [1.165, 1.54) is 12.1 Å². The maximum Gasteiger partial charge on any atom is 0.240 e. The van der Waals surface area contributed by atoms with Crippen LogP contribution >= 0.6 is 0 Å². The molecule has 0 saturated carbocycles. The molecule has 0 radical (unpaired) electrons. The van der Waals surface area contributed by atoms with Crippen LogP contribution in [-0.2, 0) is 0 Å². The molecule has 9 nitrogen and oxygen atoms in total. The van der Waals surface area contributed by atoms with Crippen LogP contribution in [0.1, 0.15) is 18.5 Å². The molecule has 2 N–H and O–H groups in total. The highest BCUT2D eigenvalue weighted by atomic mass is 19.1. The van der Waals surface area contributed by atoms with Crippen LogP contribution in [0.5, 0.6) is 5.75 Å². The molecule has 5 rings (SSSR count). The van der Waals surface area contributed by atoms with Gasteiger partial charge in [-0.3, -0.25) is 9.67 Å². The standard InChI is InChI=1S/C22H19FN8O/c1-13(14-3-5-16(23)6-4-14)31-12-15(9-26-31)18-10-25-11-19(27-18)17-7-8-30-21(20(17)32-2)28-22(24)29-30/h3-13H,1-2H3,(H2,24,29). The minimum atomic E-state index is -0.267. The molecule has 0 aliphatic heterocycles. The van der Waals surface area contributed by atoms with Crippen molar-refractivity contribution in [2.75, 3.05) is 12.8 Å². The van der Waals surface area contributed by atoms with Gasteiger partial charge in [0.05, 0.1) is 43.1 Å². The van der Waals surface area contributed by atoms with Crippen LogP contribution in [0.4, 0.5) is 10.3 Å². The highest BCUT2D eigenvalue weighted by molar-refractivity contribution is 5.76. The van der Waals surface area contributed by atoms with Crippen LogP contribution < -0.4 is 10.5 Å². The van der Waals surface area contributed by atoms with Gasteiger partial charge in [0.1, 0.15) is 5.82 Å². The molecule has 1 unspecified atom stereocenters. The minimum Gasteiger partial charge on any atom is -0.492 e. The summed E-state index contributed by atoms with van der Waals surface area (Å²) in [5.74, 6) is 0.392. The lowest BCUT2D eigenvalue weighted by molar-refractivity contribution is 0.418. The lowest BCUT2D eigenvalue weighted by Crippen LogP contribution is -2.06. The first-order chi connectivity index (χ1) is 15.5. The van der Waals surface area contributed by atoms with E-state index in [4.69, 9.17) is 15.5 Å². The Balaban J connectivity index is 1.50. The van der Waals surface area contributed by atoms with Crippen LogP contribution in [0, 0.1) is 5.82 Å². The molecule has 0 aliphatic rings. The molecule has 10 heteroatoms. The van der Waals surface area contributed by atoms with E-state index in [2.05, 4.69) is 20.2 Å². The number of nitrogens with two attached hydrogens (primary N) is 1. The number of nitrogens with zero attached hydrogens (tertiary/aromatic N) is 7. The smallest absolute Gasteiger partial charge is 0.240 e. The number of rotatable bonds is 5. The largest absolute Gasteiger partial charge is 0.492 e. The number of aromatic nitrogens is 7. The van der Waals surface area contributed by atoms with Gasteiger partial charge in [0.2, 0.25) is 5.95 Å². The molecule has 32 heavy (non-hydrogen) atoms. The van der Waals surface area contributed by atoms with Crippen LogP contribution in [0.2, 0.25) is 0 Å². The average Bonchev–Trinajstić information content (AvgIpc) is 3.45.